The second-order valence-electron chi connectivity index (χ2n) is 14.5. The molecule has 0 bridgehead atoms. The second-order valence-corrected chi connectivity index (χ2v) is 14.5. The van der Waals surface area contributed by atoms with Crippen LogP contribution in [0.4, 0.5) is 0 Å². The lowest BCUT2D eigenvalue weighted by Crippen LogP contribution is -2.35. The first-order chi connectivity index (χ1) is 23.9. The fourth-order valence-corrected chi connectivity index (χ4v) is 8.62. The van der Waals surface area contributed by atoms with Gasteiger partial charge in [0.1, 0.15) is 5.75 Å². The molecule has 0 N–H and O–H groups in total. The van der Waals surface area contributed by atoms with Gasteiger partial charge >= 0.3 is 0 Å². The third-order valence-electron chi connectivity index (χ3n) is 10.6. The summed E-state index contributed by atoms with van der Waals surface area (Å²) in [5.41, 5.74) is 12.6. The Hall–Kier alpha value is -5.86. The van der Waals surface area contributed by atoms with E-state index >= 15 is 0 Å². The highest BCUT2D eigenvalue weighted by Gasteiger charge is 2.41. The molecule has 1 atom stereocenters. The van der Waals surface area contributed by atoms with Gasteiger partial charge in [-0.05, 0) is 69.6 Å². The van der Waals surface area contributed by atoms with Crippen LogP contribution in [0.3, 0.4) is 0 Å². The predicted molar refractivity (Wildman–Crippen MR) is 205 cm³/mol. The second kappa shape index (κ2) is 10.1. The van der Waals surface area contributed by atoms with Gasteiger partial charge in [0.05, 0.1) is 11.0 Å². The van der Waals surface area contributed by atoms with Crippen LogP contribution < -0.4 is 4.74 Å². The van der Waals surface area contributed by atoms with E-state index in [-0.39, 0.29) is 5.41 Å². The zero-order valence-corrected chi connectivity index (χ0v) is 27.9. The zero-order valence-electron chi connectivity index (χ0n) is 27.9. The van der Waals surface area contributed by atoms with E-state index in [1.807, 2.05) is 0 Å². The molecule has 0 radical (unpaired) electrons. The molecule has 1 aromatic heterocycles. The van der Waals surface area contributed by atoms with E-state index < -0.39 is 5.60 Å². The predicted octanol–water partition coefficient (Wildman–Crippen LogP) is 12.2. The van der Waals surface area contributed by atoms with Crippen LogP contribution in [0.15, 0.2) is 152 Å². The van der Waals surface area contributed by atoms with Crippen molar-refractivity contribution in [2.24, 2.45) is 0 Å². The van der Waals surface area contributed by atoms with Gasteiger partial charge in [-0.2, -0.15) is 0 Å². The summed E-state index contributed by atoms with van der Waals surface area (Å²) in [7, 11) is 0. The number of rotatable bonds is 3. The molecule has 2 heteroatoms. The van der Waals surface area contributed by atoms with Gasteiger partial charge in [0.25, 0.3) is 0 Å². The molecule has 10 rings (SSSR count). The summed E-state index contributed by atoms with van der Waals surface area (Å²) < 4.78 is 10.0. The van der Waals surface area contributed by atoms with Crippen molar-refractivity contribution in [3.05, 3.63) is 174 Å². The molecule has 2 aliphatic rings. The van der Waals surface area contributed by atoms with Crippen molar-refractivity contribution >= 4 is 38.7 Å². The third-order valence-corrected chi connectivity index (χ3v) is 10.6. The van der Waals surface area contributed by atoms with Gasteiger partial charge in [0.2, 0.25) is 0 Å². The molecule has 0 saturated heterocycles. The number of para-hydroxylation sites is 2. The maximum absolute atomic E-state index is 7.64. The van der Waals surface area contributed by atoms with E-state index in [4.69, 9.17) is 4.74 Å². The summed E-state index contributed by atoms with van der Waals surface area (Å²) in [5.74, 6) is 0.955. The highest BCUT2D eigenvalue weighted by atomic mass is 16.5. The number of aromatic nitrogens is 1. The molecule has 2 heterocycles. The number of hydrogen-bond donors (Lipinski definition) is 0. The molecule has 8 aromatic rings. The molecule has 0 fully saturated rings. The molecule has 1 aliphatic carbocycles. The van der Waals surface area contributed by atoms with Crippen LogP contribution in [0.2, 0.25) is 0 Å². The van der Waals surface area contributed by atoms with E-state index in [1.165, 1.54) is 60.6 Å². The van der Waals surface area contributed by atoms with Gasteiger partial charge in [0, 0.05) is 43.9 Å². The van der Waals surface area contributed by atoms with Gasteiger partial charge in [-0.15, -0.1) is 0 Å². The molecular formula is C47H35NO. The van der Waals surface area contributed by atoms with Crippen molar-refractivity contribution in [3.63, 3.8) is 0 Å². The Morgan fingerprint density at radius 2 is 1.20 bits per heavy atom. The molecule has 0 spiro atoms. The number of nitrogens with zero attached hydrogens (tertiary/aromatic N) is 1. The molecule has 0 amide bonds. The summed E-state index contributed by atoms with van der Waals surface area (Å²) in [6.07, 6.45) is 4.66. The zero-order chi connectivity index (χ0) is 32.9. The fraction of sp³-hybridized carbons (Fsp3) is 0.106. The Balaban J connectivity index is 1.27. The largest absolute Gasteiger partial charge is 0.472 e. The average molecular weight is 630 g/mol. The Labute approximate surface area is 286 Å². The lowest BCUT2D eigenvalue weighted by atomic mass is 9.75. The first-order valence-corrected chi connectivity index (χ1v) is 17.2. The normalized spacial score (nSPS) is 16.2. The van der Waals surface area contributed by atoms with Crippen molar-refractivity contribution in [2.45, 2.75) is 31.8 Å². The van der Waals surface area contributed by atoms with Gasteiger partial charge in [0.15, 0.2) is 5.60 Å². The molecule has 234 valence electrons. The van der Waals surface area contributed by atoms with Gasteiger partial charge in [-0.25, -0.2) is 0 Å². The Kier molecular flexibility index (Phi) is 5.79. The van der Waals surface area contributed by atoms with Crippen LogP contribution in [0.25, 0.3) is 66.6 Å². The van der Waals surface area contributed by atoms with Crippen molar-refractivity contribution < 1.29 is 4.74 Å². The van der Waals surface area contributed by atoms with Gasteiger partial charge in [-0.1, -0.05) is 142 Å². The molecular weight excluding hydrogens is 595 g/mol. The lowest BCUT2D eigenvalue weighted by molar-refractivity contribution is 0.163. The Morgan fingerprint density at radius 1 is 0.551 bits per heavy atom. The van der Waals surface area contributed by atoms with Gasteiger partial charge in [-0.3, -0.25) is 0 Å². The number of ether oxygens (including phenoxy) is 1. The van der Waals surface area contributed by atoms with E-state index in [9.17, 15) is 0 Å². The van der Waals surface area contributed by atoms with Crippen molar-refractivity contribution in [1.82, 2.24) is 4.57 Å². The molecule has 0 saturated carbocycles. The number of benzene rings is 7. The number of hydrogen-bond acceptors (Lipinski definition) is 1. The van der Waals surface area contributed by atoms with E-state index in [0.29, 0.717) is 0 Å². The average Bonchev–Trinajstić information content (AvgIpc) is 3.65. The monoisotopic (exact) mass is 629 g/mol. The Bertz CT molecular complexity index is 2650. The minimum absolute atomic E-state index is 0.114. The summed E-state index contributed by atoms with van der Waals surface area (Å²) in [6, 6.07) is 52.6. The maximum atomic E-state index is 7.64. The van der Waals surface area contributed by atoms with Crippen LogP contribution in [0.1, 0.15) is 43.0 Å². The van der Waals surface area contributed by atoms with Crippen LogP contribution >= 0.6 is 0 Å². The fourth-order valence-electron chi connectivity index (χ4n) is 8.62. The highest BCUT2D eigenvalue weighted by molar-refractivity contribution is 6.19. The SMILES string of the molecule is CC(C)(C)c1c2c(c3cccc4c3c1-c1ccccc1-4)OC(c1ccccc1)(c1ccc3c(c1)c1ccccc1n3-c1ccccc1)C=C2. The van der Waals surface area contributed by atoms with Crippen LogP contribution in [-0.2, 0) is 11.0 Å². The molecule has 2 nitrogen and oxygen atoms in total. The van der Waals surface area contributed by atoms with Gasteiger partial charge < -0.3 is 9.30 Å². The summed E-state index contributed by atoms with van der Waals surface area (Å²) >= 11 is 0. The molecule has 1 aliphatic heterocycles. The van der Waals surface area contributed by atoms with Crippen molar-refractivity contribution in [2.75, 3.05) is 0 Å². The van der Waals surface area contributed by atoms with Crippen molar-refractivity contribution in [1.29, 1.82) is 0 Å². The van der Waals surface area contributed by atoms with E-state index in [2.05, 4.69) is 183 Å². The lowest BCUT2D eigenvalue weighted by Gasteiger charge is -2.39. The van der Waals surface area contributed by atoms with Crippen LogP contribution in [0, 0.1) is 0 Å². The van der Waals surface area contributed by atoms with E-state index in [0.717, 1.165) is 28.0 Å². The highest BCUT2D eigenvalue weighted by Crippen LogP contribution is 2.57. The first-order valence-electron chi connectivity index (χ1n) is 17.2. The summed E-state index contributed by atoms with van der Waals surface area (Å²) in [5, 5.41) is 4.90. The summed E-state index contributed by atoms with van der Waals surface area (Å²) in [4.78, 5) is 0. The minimum atomic E-state index is -0.834. The van der Waals surface area contributed by atoms with Crippen LogP contribution in [-0.4, -0.2) is 4.57 Å². The Morgan fingerprint density at radius 3 is 2.00 bits per heavy atom. The smallest absolute Gasteiger partial charge is 0.178 e. The van der Waals surface area contributed by atoms with E-state index in [1.54, 1.807) is 0 Å². The first kappa shape index (κ1) is 28.2. The maximum Gasteiger partial charge on any atom is 0.178 e. The number of fused-ring (bicyclic) bond motifs is 8. The molecule has 49 heavy (non-hydrogen) atoms. The topological polar surface area (TPSA) is 14.2 Å². The van der Waals surface area contributed by atoms with Crippen molar-refractivity contribution in [3.8, 4) is 33.7 Å². The molecule has 1 unspecified atom stereocenters. The summed E-state index contributed by atoms with van der Waals surface area (Å²) in [6.45, 7) is 6.99. The minimum Gasteiger partial charge on any atom is -0.472 e. The standard InChI is InChI=1S/C47H35NO/c1-46(2,3)44-38-27-28-47(30-15-6-4-7-16-30,49-45(38)37-23-14-22-35-33-19-10-11-21-36(33)43(44)42(35)37)31-25-26-41-39(29-31)34-20-12-13-24-40(34)48(41)32-17-8-5-9-18-32/h4-29H,1-3H3. The molecule has 7 aromatic carbocycles. The third kappa shape index (κ3) is 3.89. The van der Waals surface area contributed by atoms with Crippen LogP contribution in [0.5, 0.6) is 5.75 Å². The quantitative estimate of drug-likeness (QED) is 0.190.